The molecule has 0 N–H and O–H groups in total. The quantitative estimate of drug-likeness (QED) is 0.534. The molecular weight excluding hydrogens is 397 g/mol. The van der Waals surface area contributed by atoms with Crippen LogP contribution in [0.5, 0.6) is 0 Å². The van der Waals surface area contributed by atoms with Crippen LogP contribution in [0.1, 0.15) is 28.8 Å². The lowest BCUT2D eigenvalue weighted by atomic mass is 9.89. The zero-order valence-corrected chi connectivity index (χ0v) is 15.8. The lowest BCUT2D eigenvalue weighted by Crippen LogP contribution is -2.39. The Balaban J connectivity index is 1.57. The predicted molar refractivity (Wildman–Crippen MR) is 103 cm³/mol. The van der Waals surface area contributed by atoms with E-state index in [0.717, 1.165) is 10.0 Å². The summed E-state index contributed by atoms with van der Waals surface area (Å²) in [5, 5.41) is 0. The maximum absolute atomic E-state index is 13.7. The van der Waals surface area contributed by atoms with Crippen LogP contribution in [-0.4, -0.2) is 29.7 Å². The van der Waals surface area contributed by atoms with Crippen LogP contribution in [0.2, 0.25) is 0 Å². The summed E-state index contributed by atoms with van der Waals surface area (Å²) in [5.74, 6) is -0.434. The van der Waals surface area contributed by atoms with Gasteiger partial charge in [-0.25, -0.2) is 4.39 Å². The second-order valence-corrected chi connectivity index (χ2v) is 7.24. The molecule has 0 atom stereocenters. The molecule has 0 bridgehead atoms. The summed E-state index contributed by atoms with van der Waals surface area (Å²) in [7, 11) is 0. The summed E-state index contributed by atoms with van der Waals surface area (Å²) >= 11 is 3.29. The molecule has 0 radical (unpaired) electrons. The third-order valence-corrected chi connectivity index (χ3v) is 5.09. The molecule has 2 aromatic carbocycles. The highest BCUT2D eigenvalue weighted by atomic mass is 79.9. The number of ketones is 1. The van der Waals surface area contributed by atoms with Gasteiger partial charge in [-0.15, -0.1) is 0 Å². The van der Waals surface area contributed by atoms with Gasteiger partial charge in [-0.05, 0) is 37.1 Å². The van der Waals surface area contributed by atoms with Crippen molar-refractivity contribution in [3.05, 3.63) is 76.0 Å². The molecule has 1 aliphatic heterocycles. The standard InChI is InChI=1S/C21H19BrFNO2/c22-18-7-8-19(23)17(14-18)6-9-20(25)24-12-10-16(11-13-24)21(26)15-4-2-1-3-5-15/h1-9,14,16H,10-13H2/b9-6+. The van der Waals surface area contributed by atoms with E-state index in [4.69, 9.17) is 0 Å². The fraction of sp³-hybridized carbons (Fsp3) is 0.238. The van der Waals surface area contributed by atoms with Crippen LogP contribution < -0.4 is 0 Å². The van der Waals surface area contributed by atoms with Gasteiger partial charge in [-0.1, -0.05) is 46.3 Å². The number of carbonyl (C=O) groups excluding carboxylic acids is 2. The molecule has 1 heterocycles. The number of amides is 1. The highest BCUT2D eigenvalue weighted by Crippen LogP contribution is 2.22. The first-order chi connectivity index (χ1) is 12.5. The zero-order valence-electron chi connectivity index (χ0n) is 14.2. The Morgan fingerprint density at radius 3 is 2.46 bits per heavy atom. The van der Waals surface area contributed by atoms with Crippen molar-refractivity contribution < 1.29 is 14.0 Å². The molecule has 2 aromatic rings. The monoisotopic (exact) mass is 415 g/mol. The molecule has 0 saturated carbocycles. The third kappa shape index (κ3) is 4.47. The molecule has 1 saturated heterocycles. The van der Waals surface area contributed by atoms with Gasteiger partial charge in [0.05, 0.1) is 0 Å². The van der Waals surface area contributed by atoms with Crippen LogP contribution in [-0.2, 0) is 4.79 Å². The van der Waals surface area contributed by atoms with Crippen molar-refractivity contribution in [1.29, 1.82) is 0 Å². The Bertz CT molecular complexity index is 827. The first-order valence-electron chi connectivity index (χ1n) is 8.56. The van der Waals surface area contributed by atoms with Gasteiger partial charge in [0.15, 0.2) is 5.78 Å². The maximum Gasteiger partial charge on any atom is 0.246 e. The average molecular weight is 416 g/mol. The molecular formula is C21H19BrFNO2. The van der Waals surface area contributed by atoms with Gasteiger partial charge in [0.25, 0.3) is 0 Å². The minimum absolute atomic E-state index is 0.0482. The number of hydrogen-bond donors (Lipinski definition) is 0. The van der Waals surface area contributed by atoms with E-state index in [1.807, 2.05) is 30.3 Å². The molecule has 0 aromatic heterocycles. The van der Waals surface area contributed by atoms with Crippen LogP contribution in [0, 0.1) is 11.7 Å². The van der Waals surface area contributed by atoms with E-state index in [0.29, 0.717) is 31.5 Å². The number of hydrogen-bond acceptors (Lipinski definition) is 2. The number of piperidine rings is 1. The molecule has 3 rings (SSSR count). The molecule has 0 aliphatic carbocycles. The Morgan fingerprint density at radius 2 is 1.77 bits per heavy atom. The van der Waals surface area contributed by atoms with Gasteiger partial charge >= 0.3 is 0 Å². The van der Waals surface area contributed by atoms with E-state index >= 15 is 0 Å². The zero-order chi connectivity index (χ0) is 18.5. The van der Waals surface area contributed by atoms with Crippen LogP contribution in [0.4, 0.5) is 4.39 Å². The third-order valence-electron chi connectivity index (χ3n) is 4.60. The van der Waals surface area contributed by atoms with E-state index in [-0.39, 0.29) is 23.4 Å². The van der Waals surface area contributed by atoms with Crippen molar-refractivity contribution in [2.24, 2.45) is 5.92 Å². The van der Waals surface area contributed by atoms with Crippen molar-refractivity contribution in [2.45, 2.75) is 12.8 Å². The van der Waals surface area contributed by atoms with E-state index in [9.17, 15) is 14.0 Å². The van der Waals surface area contributed by atoms with Crippen molar-refractivity contribution in [2.75, 3.05) is 13.1 Å². The molecule has 5 heteroatoms. The van der Waals surface area contributed by atoms with Gasteiger partial charge in [0.1, 0.15) is 5.82 Å². The minimum Gasteiger partial charge on any atom is -0.339 e. The van der Waals surface area contributed by atoms with Crippen LogP contribution in [0.15, 0.2) is 59.1 Å². The summed E-state index contributed by atoms with van der Waals surface area (Å²) in [6, 6.07) is 13.9. The summed E-state index contributed by atoms with van der Waals surface area (Å²) < 4.78 is 14.5. The highest BCUT2D eigenvalue weighted by molar-refractivity contribution is 9.10. The fourth-order valence-corrected chi connectivity index (χ4v) is 3.49. The number of nitrogens with zero attached hydrogens (tertiary/aromatic N) is 1. The van der Waals surface area contributed by atoms with E-state index < -0.39 is 0 Å². The van der Waals surface area contributed by atoms with Gasteiger partial charge in [0.2, 0.25) is 5.91 Å². The van der Waals surface area contributed by atoms with Crippen LogP contribution in [0.25, 0.3) is 6.08 Å². The molecule has 1 aliphatic rings. The summed E-state index contributed by atoms with van der Waals surface area (Å²) in [6.07, 6.45) is 4.19. The first kappa shape index (κ1) is 18.5. The Labute approximate surface area is 160 Å². The Morgan fingerprint density at radius 1 is 1.08 bits per heavy atom. The van der Waals surface area contributed by atoms with Crippen molar-refractivity contribution in [1.82, 2.24) is 4.90 Å². The van der Waals surface area contributed by atoms with Crippen molar-refractivity contribution in [3.8, 4) is 0 Å². The number of likely N-dealkylation sites (tertiary alicyclic amines) is 1. The lowest BCUT2D eigenvalue weighted by molar-refractivity contribution is -0.127. The summed E-state index contributed by atoms with van der Waals surface area (Å²) in [6.45, 7) is 1.07. The molecule has 3 nitrogen and oxygen atoms in total. The second kappa shape index (κ2) is 8.41. The predicted octanol–water partition coefficient (Wildman–Crippen LogP) is 4.72. The average Bonchev–Trinajstić information content (AvgIpc) is 2.68. The number of Topliss-reactive ketones (excluding diaryl/α,β-unsaturated/α-hetero) is 1. The van der Waals surface area contributed by atoms with Gasteiger partial charge in [-0.3, -0.25) is 9.59 Å². The van der Waals surface area contributed by atoms with Crippen LogP contribution >= 0.6 is 15.9 Å². The second-order valence-electron chi connectivity index (χ2n) is 6.33. The molecule has 1 amide bonds. The van der Waals surface area contributed by atoms with E-state index in [1.165, 1.54) is 18.2 Å². The molecule has 134 valence electrons. The number of carbonyl (C=O) groups is 2. The molecule has 26 heavy (non-hydrogen) atoms. The number of rotatable bonds is 4. The lowest BCUT2D eigenvalue weighted by Gasteiger charge is -2.30. The minimum atomic E-state index is -0.371. The summed E-state index contributed by atoms with van der Waals surface area (Å²) in [5.41, 5.74) is 1.09. The fourth-order valence-electron chi connectivity index (χ4n) is 3.11. The summed E-state index contributed by atoms with van der Waals surface area (Å²) in [4.78, 5) is 26.5. The SMILES string of the molecule is O=C(c1ccccc1)C1CCN(C(=O)/C=C/c2cc(Br)ccc2F)CC1. The van der Waals surface area contributed by atoms with Gasteiger partial charge in [0, 0.05) is 40.7 Å². The molecule has 0 unspecified atom stereocenters. The van der Waals surface area contributed by atoms with E-state index in [2.05, 4.69) is 15.9 Å². The van der Waals surface area contributed by atoms with E-state index in [1.54, 1.807) is 17.0 Å². The normalized spacial score (nSPS) is 15.4. The molecule has 0 spiro atoms. The first-order valence-corrected chi connectivity index (χ1v) is 9.35. The van der Waals surface area contributed by atoms with Gasteiger partial charge in [-0.2, -0.15) is 0 Å². The highest BCUT2D eigenvalue weighted by Gasteiger charge is 2.27. The maximum atomic E-state index is 13.7. The Hall–Kier alpha value is -2.27. The largest absolute Gasteiger partial charge is 0.339 e. The Kier molecular flexibility index (Phi) is 5.99. The number of benzene rings is 2. The van der Waals surface area contributed by atoms with Crippen molar-refractivity contribution >= 4 is 33.7 Å². The van der Waals surface area contributed by atoms with Gasteiger partial charge < -0.3 is 4.90 Å². The van der Waals surface area contributed by atoms with Crippen LogP contribution in [0.3, 0.4) is 0 Å². The number of halogens is 2. The molecule has 1 fully saturated rings. The topological polar surface area (TPSA) is 37.4 Å². The smallest absolute Gasteiger partial charge is 0.246 e. The van der Waals surface area contributed by atoms with Crippen molar-refractivity contribution in [3.63, 3.8) is 0 Å².